The summed E-state index contributed by atoms with van der Waals surface area (Å²) in [5.41, 5.74) is 7.59. The van der Waals surface area contributed by atoms with Gasteiger partial charge in [0.15, 0.2) is 0 Å². The maximum atomic E-state index is 11.9. The molecule has 1 aromatic rings. The molecule has 0 saturated carbocycles. The van der Waals surface area contributed by atoms with Crippen molar-refractivity contribution in [2.24, 2.45) is 5.73 Å². The lowest BCUT2D eigenvalue weighted by atomic mass is 10.1. The topological polar surface area (TPSA) is 35.2 Å². The molecule has 0 radical (unpaired) electrons. The number of hydrogen-bond donors (Lipinski definition) is 1. The van der Waals surface area contributed by atoms with E-state index in [4.69, 9.17) is 10.5 Å². The molecule has 0 aromatic heterocycles. The molecule has 0 aliphatic rings. The Morgan fingerprint density at radius 2 is 2.23 bits per heavy atom. The Balaban J connectivity index is 2.85. The third-order valence-electron chi connectivity index (χ3n) is 1.91. The van der Waals surface area contributed by atoms with E-state index in [1.165, 1.54) is 0 Å². The lowest BCUT2D eigenvalue weighted by Crippen LogP contribution is -2.06. The first-order chi connectivity index (χ1) is 6.29. The summed E-state index contributed by atoms with van der Waals surface area (Å²) in [4.78, 5) is 0. The second kappa shape index (κ2) is 4.82. The highest BCUT2D eigenvalue weighted by Crippen LogP contribution is 2.21. The minimum Gasteiger partial charge on any atom is -0.491 e. The van der Waals surface area contributed by atoms with Gasteiger partial charge in [0.25, 0.3) is 0 Å². The highest BCUT2D eigenvalue weighted by molar-refractivity contribution is 5.39. The van der Waals surface area contributed by atoms with Gasteiger partial charge in [-0.3, -0.25) is 0 Å². The minimum absolute atomic E-state index is 0.0937. The van der Waals surface area contributed by atoms with Gasteiger partial charge in [-0.25, -0.2) is 4.39 Å². The van der Waals surface area contributed by atoms with Crippen LogP contribution in [0.25, 0.3) is 0 Å². The summed E-state index contributed by atoms with van der Waals surface area (Å²) in [5, 5.41) is 0. The van der Waals surface area contributed by atoms with Gasteiger partial charge in [-0.1, -0.05) is 12.1 Å². The summed E-state index contributed by atoms with van der Waals surface area (Å²) in [6.45, 7) is 2.01. The van der Waals surface area contributed by atoms with Crippen LogP contribution in [-0.2, 0) is 6.54 Å². The van der Waals surface area contributed by atoms with Crippen LogP contribution in [-0.4, -0.2) is 13.3 Å². The van der Waals surface area contributed by atoms with Crippen LogP contribution in [0.15, 0.2) is 18.2 Å². The summed E-state index contributed by atoms with van der Waals surface area (Å²) in [6, 6.07) is 5.65. The van der Waals surface area contributed by atoms with Gasteiger partial charge in [0, 0.05) is 12.1 Å². The van der Waals surface area contributed by atoms with Crippen molar-refractivity contribution < 1.29 is 9.13 Å². The molecule has 2 N–H and O–H groups in total. The van der Waals surface area contributed by atoms with Crippen LogP contribution in [0.4, 0.5) is 4.39 Å². The van der Waals surface area contributed by atoms with Crippen LogP contribution < -0.4 is 10.5 Å². The molecule has 2 nitrogen and oxygen atoms in total. The zero-order valence-electron chi connectivity index (χ0n) is 7.72. The first-order valence-electron chi connectivity index (χ1n) is 4.27. The van der Waals surface area contributed by atoms with Gasteiger partial charge in [0.1, 0.15) is 19.0 Å². The molecule has 0 unspecified atom stereocenters. The Bertz CT molecular complexity index is 276. The van der Waals surface area contributed by atoms with E-state index < -0.39 is 6.67 Å². The van der Waals surface area contributed by atoms with E-state index in [1.54, 1.807) is 0 Å². The monoisotopic (exact) mass is 183 g/mol. The third kappa shape index (κ3) is 2.42. The highest BCUT2D eigenvalue weighted by atomic mass is 19.1. The fourth-order valence-electron chi connectivity index (χ4n) is 1.22. The summed E-state index contributed by atoms with van der Waals surface area (Å²) in [6.07, 6.45) is 0. The van der Waals surface area contributed by atoms with Gasteiger partial charge in [-0.2, -0.15) is 0 Å². The lowest BCUT2D eigenvalue weighted by molar-refractivity contribution is 0.271. The number of ether oxygens (including phenoxy) is 1. The minimum atomic E-state index is -0.474. The molecule has 3 heteroatoms. The van der Waals surface area contributed by atoms with Crippen molar-refractivity contribution in [2.75, 3.05) is 13.3 Å². The Hall–Kier alpha value is -1.09. The fourth-order valence-corrected chi connectivity index (χ4v) is 1.22. The van der Waals surface area contributed by atoms with E-state index >= 15 is 0 Å². The molecular formula is C10H14FNO. The predicted molar refractivity (Wildman–Crippen MR) is 50.5 cm³/mol. The fraction of sp³-hybridized carbons (Fsp3) is 0.400. The number of hydrogen-bond acceptors (Lipinski definition) is 2. The first kappa shape index (κ1) is 9.99. The van der Waals surface area contributed by atoms with E-state index in [2.05, 4.69) is 0 Å². The zero-order chi connectivity index (χ0) is 9.68. The molecule has 0 atom stereocenters. The van der Waals surface area contributed by atoms with Crippen molar-refractivity contribution in [1.82, 2.24) is 0 Å². The molecule has 0 heterocycles. The quantitative estimate of drug-likeness (QED) is 0.772. The third-order valence-corrected chi connectivity index (χ3v) is 1.91. The van der Waals surface area contributed by atoms with Crippen molar-refractivity contribution in [2.45, 2.75) is 13.5 Å². The highest BCUT2D eigenvalue weighted by Gasteiger charge is 2.03. The number of rotatable bonds is 4. The predicted octanol–water partition coefficient (Wildman–Crippen LogP) is 1.80. The smallest absolute Gasteiger partial charge is 0.124 e. The average Bonchev–Trinajstić information content (AvgIpc) is 2.15. The normalized spacial score (nSPS) is 10.1. The van der Waals surface area contributed by atoms with Gasteiger partial charge in [0.05, 0.1) is 0 Å². The van der Waals surface area contributed by atoms with Crippen molar-refractivity contribution in [1.29, 1.82) is 0 Å². The molecule has 72 valence electrons. The molecule has 13 heavy (non-hydrogen) atoms. The van der Waals surface area contributed by atoms with E-state index in [9.17, 15) is 4.39 Å². The molecular weight excluding hydrogens is 169 g/mol. The van der Waals surface area contributed by atoms with Gasteiger partial charge in [-0.05, 0) is 18.6 Å². The van der Waals surface area contributed by atoms with Crippen LogP contribution in [0, 0.1) is 6.92 Å². The van der Waals surface area contributed by atoms with Crippen LogP contribution in [0.2, 0.25) is 0 Å². The summed E-state index contributed by atoms with van der Waals surface area (Å²) < 4.78 is 17.1. The van der Waals surface area contributed by atoms with Crippen LogP contribution >= 0.6 is 0 Å². The van der Waals surface area contributed by atoms with E-state index in [0.717, 1.165) is 11.1 Å². The lowest BCUT2D eigenvalue weighted by Gasteiger charge is -2.10. The molecule has 1 aromatic carbocycles. The maximum Gasteiger partial charge on any atom is 0.124 e. The van der Waals surface area contributed by atoms with E-state index in [-0.39, 0.29) is 6.61 Å². The van der Waals surface area contributed by atoms with Crippen molar-refractivity contribution in [3.05, 3.63) is 29.3 Å². The molecule has 0 bridgehead atoms. The molecule has 0 fully saturated rings. The SMILES string of the molecule is Cc1cccc(OCCF)c1CN. The van der Waals surface area contributed by atoms with Crippen LogP contribution in [0.5, 0.6) is 5.75 Å². The number of alkyl halides is 1. The Morgan fingerprint density at radius 3 is 2.85 bits per heavy atom. The molecule has 0 aliphatic heterocycles. The van der Waals surface area contributed by atoms with Gasteiger partial charge in [-0.15, -0.1) is 0 Å². The van der Waals surface area contributed by atoms with E-state index in [0.29, 0.717) is 12.3 Å². The van der Waals surface area contributed by atoms with E-state index in [1.807, 2.05) is 25.1 Å². The first-order valence-corrected chi connectivity index (χ1v) is 4.27. The van der Waals surface area contributed by atoms with Crippen LogP contribution in [0.1, 0.15) is 11.1 Å². The van der Waals surface area contributed by atoms with Crippen molar-refractivity contribution >= 4 is 0 Å². The van der Waals surface area contributed by atoms with Gasteiger partial charge in [0.2, 0.25) is 0 Å². The Morgan fingerprint density at radius 1 is 1.46 bits per heavy atom. The van der Waals surface area contributed by atoms with Crippen molar-refractivity contribution in [3.8, 4) is 5.75 Å². The zero-order valence-corrected chi connectivity index (χ0v) is 7.72. The molecule has 0 aliphatic carbocycles. The summed E-state index contributed by atoms with van der Waals surface area (Å²) in [5.74, 6) is 0.695. The second-order valence-electron chi connectivity index (χ2n) is 2.79. The van der Waals surface area contributed by atoms with Crippen LogP contribution in [0.3, 0.4) is 0 Å². The molecule has 0 spiro atoms. The van der Waals surface area contributed by atoms with Gasteiger partial charge < -0.3 is 10.5 Å². The average molecular weight is 183 g/mol. The number of nitrogens with two attached hydrogens (primary N) is 1. The standard InChI is InChI=1S/C10H14FNO/c1-8-3-2-4-10(9(8)7-12)13-6-5-11/h2-4H,5-7,12H2,1H3. The Kier molecular flexibility index (Phi) is 3.71. The molecule has 1 rings (SSSR count). The molecule has 0 saturated heterocycles. The largest absolute Gasteiger partial charge is 0.491 e. The van der Waals surface area contributed by atoms with Gasteiger partial charge >= 0.3 is 0 Å². The number of benzene rings is 1. The molecule has 0 amide bonds. The number of halogens is 1. The summed E-state index contributed by atoms with van der Waals surface area (Å²) in [7, 11) is 0. The number of aryl methyl sites for hydroxylation is 1. The maximum absolute atomic E-state index is 11.9. The van der Waals surface area contributed by atoms with Crippen molar-refractivity contribution in [3.63, 3.8) is 0 Å². The second-order valence-corrected chi connectivity index (χ2v) is 2.79. The summed E-state index contributed by atoms with van der Waals surface area (Å²) >= 11 is 0. The Labute approximate surface area is 77.5 Å².